The lowest BCUT2D eigenvalue weighted by Gasteiger charge is -2.09. The number of hydrogen-bond acceptors (Lipinski definition) is 3. The van der Waals surface area contributed by atoms with Gasteiger partial charge in [0.1, 0.15) is 0 Å². The molecule has 0 amide bonds. The highest BCUT2D eigenvalue weighted by Crippen LogP contribution is 2.17. The Hall–Kier alpha value is 0.01000. The van der Waals surface area contributed by atoms with Crippen LogP contribution in [0.1, 0.15) is 6.92 Å². The minimum atomic E-state index is 0.759. The van der Waals surface area contributed by atoms with Crippen LogP contribution in [0.2, 0.25) is 0 Å². The van der Waals surface area contributed by atoms with Gasteiger partial charge in [0.15, 0.2) is 0 Å². The van der Waals surface area contributed by atoms with Gasteiger partial charge < -0.3 is 0 Å². The molecule has 2 nitrogen and oxygen atoms in total. The minimum absolute atomic E-state index is 0.759. The minimum Gasteiger partial charge on any atom is -0.288 e. The predicted molar refractivity (Wildman–Crippen MR) is 35.1 cm³/mol. The van der Waals surface area contributed by atoms with Gasteiger partial charge in [-0.25, -0.2) is 0 Å². The average molecular weight is 131 g/mol. The van der Waals surface area contributed by atoms with Crippen LogP contribution in [-0.4, -0.2) is 17.6 Å². The van der Waals surface area contributed by atoms with Gasteiger partial charge in [-0.1, -0.05) is 6.08 Å². The van der Waals surface area contributed by atoms with E-state index in [4.69, 9.17) is 4.84 Å². The summed E-state index contributed by atoms with van der Waals surface area (Å²) >= 11 is 1.60. The Bertz CT molecular complexity index is 86.4. The van der Waals surface area contributed by atoms with Crippen LogP contribution in [0.4, 0.5) is 0 Å². The van der Waals surface area contributed by atoms with E-state index in [-0.39, 0.29) is 0 Å². The molecule has 0 fully saturated rings. The van der Waals surface area contributed by atoms with Crippen molar-refractivity contribution in [1.29, 1.82) is 0 Å². The molecule has 0 atom stereocenters. The van der Waals surface area contributed by atoms with Crippen molar-refractivity contribution < 1.29 is 4.84 Å². The van der Waals surface area contributed by atoms with Crippen molar-refractivity contribution in [3.8, 4) is 0 Å². The van der Waals surface area contributed by atoms with Crippen molar-refractivity contribution >= 4 is 11.9 Å². The summed E-state index contributed by atoms with van der Waals surface area (Å²) in [5, 5.41) is 2.02. The van der Waals surface area contributed by atoms with Gasteiger partial charge in [-0.2, -0.15) is 0 Å². The molecule has 0 N–H and O–H groups in total. The molecule has 0 radical (unpaired) electrons. The fraction of sp³-hybridized carbons (Fsp3) is 0.600. The number of nitrogens with zero attached hydrogens (tertiary/aromatic N) is 1. The van der Waals surface area contributed by atoms with E-state index in [9.17, 15) is 0 Å². The maximum absolute atomic E-state index is 5.14. The van der Waals surface area contributed by atoms with Gasteiger partial charge in [-0.3, -0.25) is 4.84 Å². The first-order valence-corrected chi connectivity index (χ1v) is 3.49. The van der Waals surface area contributed by atoms with Crippen LogP contribution in [0, 0.1) is 0 Å². The molecular formula is C5H9NOS. The molecule has 0 aromatic rings. The zero-order valence-corrected chi connectivity index (χ0v) is 5.65. The quantitative estimate of drug-likeness (QED) is 0.526. The Morgan fingerprint density at radius 3 is 3.25 bits per heavy atom. The fourth-order valence-electron chi connectivity index (χ4n) is 0.510. The third-order valence-electron chi connectivity index (χ3n) is 0.802. The van der Waals surface area contributed by atoms with Gasteiger partial charge >= 0.3 is 0 Å². The van der Waals surface area contributed by atoms with E-state index >= 15 is 0 Å². The molecule has 0 saturated heterocycles. The number of rotatable bonds is 2. The smallest absolute Gasteiger partial charge is 0.0668 e. The van der Waals surface area contributed by atoms with Crippen molar-refractivity contribution in [3.63, 3.8) is 0 Å². The van der Waals surface area contributed by atoms with Gasteiger partial charge in [-0.15, -0.1) is 4.47 Å². The van der Waals surface area contributed by atoms with E-state index in [1.165, 1.54) is 0 Å². The van der Waals surface area contributed by atoms with Crippen molar-refractivity contribution in [2.45, 2.75) is 6.92 Å². The van der Waals surface area contributed by atoms with Gasteiger partial charge in [0.05, 0.1) is 13.2 Å². The van der Waals surface area contributed by atoms with Gasteiger partial charge in [-0.05, 0) is 24.3 Å². The Labute approximate surface area is 53.6 Å². The maximum Gasteiger partial charge on any atom is 0.0668 e. The molecule has 0 aromatic carbocycles. The van der Waals surface area contributed by atoms with Crippen molar-refractivity contribution in [1.82, 2.24) is 4.47 Å². The molecule has 1 aliphatic heterocycles. The summed E-state index contributed by atoms with van der Waals surface area (Å²) in [6, 6.07) is 0. The standard InChI is InChI=1S/C5H9NOS/c1-2-7-6-4-3-5-8-6/h3,5H,2,4H2,1H3. The van der Waals surface area contributed by atoms with Crippen LogP contribution in [0.15, 0.2) is 11.5 Å². The zero-order chi connectivity index (χ0) is 5.82. The first-order valence-electron chi connectivity index (χ1n) is 2.65. The zero-order valence-electron chi connectivity index (χ0n) is 4.83. The Morgan fingerprint density at radius 1 is 1.88 bits per heavy atom. The first-order chi connectivity index (χ1) is 3.93. The van der Waals surface area contributed by atoms with Crippen LogP contribution in [0.5, 0.6) is 0 Å². The molecule has 0 bridgehead atoms. The van der Waals surface area contributed by atoms with Crippen LogP contribution < -0.4 is 0 Å². The summed E-state index contributed by atoms with van der Waals surface area (Å²) in [4.78, 5) is 5.14. The molecule has 0 aliphatic carbocycles. The molecule has 8 heavy (non-hydrogen) atoms. The SMILES string of the molecule is CCON1CC=CS1. The number of hydrogen-bond donors (Lipinski definition) is 0. The van der Waals surface area contributed by atoms with Gasteiger partial charge in [0.2, 0.25) is 0 Å². The summed E-state index contributed by atoms with van der Waals surface area (Å²) in [6.45, 7) is 3.66. The van der Waals surface area contributed by atoms with Crippen molar-refractivity contribution in [2.24, 2.45) is 0 Å². The third kappa shape index (κ3) is 1.51. The molecule has 46 valence electrons. The lowest BCUT2D eigenvalue weighted by Crippen LogP contribution is -2.11. The molecule has 0 spiro atoms. The molecule has 0 saturated carbocycles. The highest BCUT2D eigenvalue weighted by Gasteiger charge is 2.04. The van der Waals surface area contributed by atoms with Crippen LogP contribution in [0.3, 0.4) is 0 Å². The van der Waals surface area contributed by atoms with E-state index in [1.54, 1.807) is 11.9 Å². The molecule has 1 aliphatic rings. The summed E-state index contributed by atoms with van der Waals surface area (Å²) < 4.78 is 1.85. The lowest BCUT2D eigenvalue weighted by molar-refractivity contribution is -0.0572. The van der Waals surface area contributed by atoms with Gasteiger partial charge in [0.25, 0.3) is 0 Å². The van der Waals surface area contributed by atoms with Crippen molar-refractivity contribution in [3.05, 3.63) is 11.5 Å². The third-order valence-corrected chi connectivity index (χ3v) is 1.61. The van der Waals surface area contributed by atoms with Crippen LogP contribution in [0.25, 0.3) is 0 Å². The Balaban J connectivity index is 2.10. The second kappa shape index (κ2) is 3.12. The topological polar surface area (TPSA) is 12.5 Å². The highest BCUT2D eigenvalue weighted by atomic mass is 32.2. The van der Waals surface area contributed by atoms with Gasteiger partial charge in [0, 0.05) is 0 Å². The van der Waals surface area contributed by atoms with E-state index in [0.29, 0.717) is 0 Å². The summed E-state index contributed by atoms with van der Waals surface area (Å²) in [7, 11) is 0. The second-order valence-electron chi connectivity index (χ2n) is 1.41. The molecule has 3 heteroatoms. The van der Waals surface area contributed by atoms with Crippen LogP contribution >= 0.6 is 11.9 Å². The summed E-state index contributed by atoms with van der Waals surface area (Å²) in [5.41, 5.74) is 0. The largest absolute Gasteiger partial charge is 0.288 e. The lowest BCUT2D eigenvalue weighted by atomic mass is 10.7. The predicted octanol–water partition coefficient (Wildman–Crippen LogP) is 1.42. The maximum atomic E-state index is 5.14. The summed E-state index contributed by atoms with van der Waals surface area (Å²) in [5.74, 6) is 0. The fourth-order valence-corrected chi connectivity index (χ4v) is 1.16. The Kier molecular flexibility index (Phi) is 2.39. The highest BCUT2D eigenvalue weighted by molar-refractivity contribution is 8.00. The summed E-state index contributed by atoms with van der Waals surface area (Å²) in [6.07, 6.45) is 2.07. The molecule has 1 rings (SSSR count). The Morgan fingerprint density at radius 2 is 2.75 bits per heavy atom. The second-order valence-corrected chi connectivity index (χ2v) is 2.30. The van der Waals surface area contributed by atoms with Crippen molar-refractivity contribution in [2.75, 3.05) is 13.2 Å². The van der Waals surface area contributed by atoms with E-state index in [2.05, 4.69) is 6.08 Å². The normalized spacial score (nSPS) is 20.1. The molecule has 0 aromatic heterocycles. The number of hydroxylamine groups is 1. The van der Waals surface area contributed by atoms with E-state index in [1.807, 2.05) is 16.8 Å². The first kappa shape index (κ1) is 6.13. The molecular weight excluding hydrogens is 122 g/mol. The van der Waals surface area contributed by atoms with E-state index < -0.39 is 0 Å². The average Bonchev–Trinajstić information content (AvgIpc) is 2.19. The van der Waals surface area contributed by atoms with E-state index in [0.717, 1.165) is 13.2 Å². The monoisotopic (exact) mass is 131 g/mol. The van der Waals surface area contributed by atoms with Crippen LogP contribution in [-0.2, 0) is 4.84 Å². The molecule has 1 heterocycles. The molecule has 0 unspecified atom stereocenters.